The fourth-order valence-corrected chi connectivity index (χ4v) is 2.69. The van der Waals surface area contributed by atoms with Gasteiger partial charge in [-0.2, -0.15) is 0 Å². The van der Waals surface area contributed by atoms with Crippen LogP contribution in [0.5, 0.6) is 0 Å². The first-order valence-corrected chi connectivity index (χ1v) is 7.41. The van der Waals surface area contributed by atoms with Crippen molar-refractivity contribution in [3.05, 3.63) is 46.0 Å². The lowest BCUT2D eigenvalue weighted by Crippen LogP contribution is -2.39. The van der Waals surface area contributed by atoms with Gasteiger partial charge in [0.2, 0.25) is 5.96 Å². The van der Waals surface area contributed by atoms with Crippen LogP contribution in [0.3, 0.4) is 0 Å². The number of aromatic nitrogens is 2. The van der Waals surface area contributed by atoms with Gasteiger partial charge in [0.05, 0.1) is 34.3 Å². The second-order valence-corrected chi connectivity index (χ2v) is 5.56. The number of para-hydroxylation sites is 1. The third-order valence-electron chi connectivity index (χ3n) is 3.33. The van der Waals surface area contributed by atoms with Gasteiger partial charge in [0.15, 0.2) is 0 Å². The van der Waals surface area contributed by atoms with Crippen molar-refractivity contribution in [3.8, 4) is 0 Å². The maximum absolute atomic E-state index is 12.6. The number of imidazole rings is 1. The van der Waals surface area contributed by atoms with E-state index in [4.69, 9.17) is 23.2 Å². The number of anilines is 1. The summed E-state index contributed by atoms with van der Waals surface area (Å²) in [5.74, 6) is 0.232. The molecule has 0 fully saturated rings. The van der Waals surface area contributed by atoms with Crippen molar-refractivity contribution >= 4 is 40.8 Å². The van der Waals surface area contributed by atoms with E-state index in [0.29, 0.717) is 46.2 Å². The molecule has 1 amide bonds. The van der Waals surface area contributed by atoms with E-state index in [-0.39, 0.29) is 5.91 Å². The van der Waals surface area contributed by atoms with Crippen molar-refractivity contribution in [3.63, 3.8) is 0 Å². The van der Waals surface area contributed by atoms with E-state index in [1.165, 1.54) is 6.33 Å². The Kier molecular flexibility index (Phi) is 4.04. The molecule has 2 N–H and O–H groups in total. The first kappa shape index (κ1) is 14.9. The standard InChI is InChI=1S/C14H13Cl2N5O/c1-8-11(19-7-18-8)13(22)21-6-5-17-14(21)20-12-9(15)3-2-4-10(12)16/h2-4,7H,5-6H2,1H3,(H,17,20)(H,18,19). The molecule has 0 bridgehead atoms. The molecule has 1 aromatic heterocycles. The molecule has 1 aliphatic heterocycles. The van der Waals surface area contributed by atoms with E-state index in [0.717, 1.165) is 0 Å². The number of amides is 1. The molecule has 0 saturated carbocycles. The van der Waals surface area contributed by atoms with Crippen LogP contribution in [0.4, 0.5) is 5.69 Å². The molecule has 2 heterocycles. The number of hydrogen-bond donors (Lipinski definition) is 2. The Morgan fingerprint density at radius 2 is 2.09 bits per heavy atom. The van der Waals surface area contributed by atoms with Gasteiger partial charge in [0, 0.05) is 6.54 Å². The van der Waals surface area contributed by atoms with Crippen LogP contribution in [-0.4, -0.2) is 39.8 Å². The van der Waals surface area contributed by atoms with Crippen LogP contribution in [0.2, 0.25) is 10.0 Å². The van der Waals surface area contributed by atoms with Gasteiger partial charge in [-0.1, -0.05) is 29.3 Å². The van der Waals surface area contributed by atoms with Gasteiger partial charge in [-0.05, 0) is 19.1 Å². The number of halogens is 2. The van der Waals surface area contributed by atoms with Gasteiger partial charge in [-0.15, -0.1) is 0 Å². The largest absolute Gasteiger partial charge is 0.340 e. The van der Waals surface area contributed by atoms with E-state index in [2.05, 4.69) is 20.3 Å². The molecule has 0 spiro atoms. The number of aliphatic imine (C=N–C) groups is 1. The van der Waals surface area contributed by atoms with Crippen molar-refractivity contribution in [1.82, 2.24) is 14.9 Å². The average molecular weight is 338 g/mol. The summed E-state index contributed by atoms with van der Waals surface area (Å²) in [6.45, 7) is 2.78. The molecule has 8 heteroatoms. The Balaban J connectivity index is 1.85. The Morgan fingerprint density at radius 3 is 2.73 bits per heavy atom. The van der Waals surface area contributed by atoms with Crippen molar-refractivity contribution < 1.29 is 4.79 Å². The summed E-state index contributed by atoms with van der Waals surface area (Å²) in [6.07, 6.45) is 1.49. The number of nitrogens with one attached hydrogen (secondary N) is 2. The highest BCUT2D eigenvalue weighted by Crippen LogP contribution is 2.30. The summed E-state index contributed by atoms with van der Waals surface area (Å²) in [5.41, 5.74) is 1.62. The highest BCUT2D eigenvalue weighted by Gasteiger charge is 2.27. The number of aryl methyl sites for hydroxylation is 1. The van der Waals surface area contributed by atoms with Crippen LogP contribution < -0.4 is 5.32 Å². The van der Waals surface area contributed by atoms with Crippen LogP contribution in [-0.2, 0) is 0 Å². The summed E-state index contributed by atoms with van der Waals surface area (Å²) < 4.78 is 0. The highest BCUT2D eigenvalue weighted by atomic mass is 35.5. The van der Waals surface area contributed by atoms with E-state index in [1.807, 2.05) is 0 Å². The number of carbonyl (C=O) groups is 1. The number of benzene rings is 1. The maximum atomic E-state index is 12.6. The SMILES string of the molecule is Cc1nc[nH]c1C(=O)N1CCN=C1Nc1c(Cl)cccc1Cl. The van der Waals surface area contributed by atoms with E-state index >= 15 is 0 Å². The van der Waals surface area contributed by atoms with Gasteiger partial charge in [0.25, 0.3) is 5.91 Å². The summed E-state index contributed by atoms with van der Waals surface area (Å²) in [5, 5.41) is 3.98. The normalized spacial score (nSPS) is 14.1. The minimum Gasteiger partial charge on any atom is -0.340 e. The lowest BCUT2D eigenvalue weighted by molar-refractivity contribution is 0.0852. The number of guanidine groups is 1. The number of hydrogen-bond acceptors (Lipinski definition) is 4. The van der Waals surface area contributed by atoms with Crippen LogP contribution in [0.1, 0.15) is 16.2 Å². The van der Waals surface area contributed by atoms with Gasteiger partial charge < -0.3 is 10.3 Å². The molecule has 6 nitrogen and oxygen atoms in total. The average Bonchev–Trinajstić information content (AvgIpc) is 3.11. The second-order valence-electron chi connectivity index (χ2n) is 4.75. The Labute approximate surface area is 137 Å². The van der Waals surface area contributed by atoms with Crippen LogP contribution >= 0.6 is 23.2 Å². The van der Waals surface area contributed by atoms with E-state index < -0.39 is 0 Å². The summed E-state index contributed by atoms with van der Waals surface area (Å²) in [6, 6.07) is 5.19. The van der Waals surface area contributed by atoms with Crippen molar-refractivity contribution in [2.75, 3.05) is 18.4 Å². The lowest BCUT2D eigenvalue weighted by Gasteiger charge is -2.20. The third kappa shape index (κ3) is 2.67. The van der Waals surface area contributed by atoms with E-state index in [9.17, 15) is 4.79 Å². The van der Waals surface area contributed by atoms with Crippen molar-refractivity contribution in [1.29, 1.82) is 0 Å². The van der Waals surface area contributed by atoms with Gasteiger partial charge in [-0.25, -0.2) is 4.98 Å². The maximum Gasteiger partial charge on any atom is 0.278 e. The predicted molar refractivity (Wildman–Crippen MR) is 86.7 cm³/mol. The minimum absolute atomic E-state index is 0.193. The first-order valence-electron chi connectivity index (χ1n) is 6.65. The summed E-state index contributed by atoms with van der Waals surface area (Å²) in [4.78, 5) is 25.3. The second kappa shape index (κ2) is 5.98. The molecule has 0 radical (unpaired) electrons. The fourth-order valence-electron chi connectivity index (χ4n) is 2.20. The molecule has 3 rings (SSSR count). The molecule has 0 aliphatic carbocycles. The van der Waals surface area contributed by atoms with Crippen molar-refractivity contribution in [2.45, 2.75) is 6.92 Å². The molecular formula is C14H13Cl2N5O. The Hall–Kier alpha value is -2.05. The molecule has 0 unspecified atom stereocenters. The highest BCUT2D eigenvalue weighted by molar-refractivity contribution is 6.40. The van der Waals surface area contributed by atoms with Crippen LogP contribution in [0.25, 0.3) is 0 Å². The van der Waals surface area contributed by atoms with E-state index in [1.54, 1.807) is 30.0 Å². The summed E-state index contributed by atoms with van der Waals surface area (Å²) in [7, 11) is 0. The molecule has 2 aromatic rings. The molecule has 1 aliphatic rings. The third-order valence-corrected chi connectivity index (χ3v) is 3.96. The molecule has 114 valence electrons. The van der Waals surface area contributed by atoms with Crippen LogP contribution in [0.15, 0.2) is 29.5 Å². The zero-order valence-electron chi connectivity index (χ0n) is 11.7. The zero-order chi connectivity index (χ0) is 15.7. The number of aromatic amines is 1. The van der Waals surface area contributed by atoms with Crippen LogP contribution in [0, 0.1) is 6.92 Å². The molecule has 22 heavy (non-hydrogen) atoms. The van der Waals surface area contributed by atoms with Gasteiger partial charge in [-0.3, -0.25) is 14.7 Å². The summed E-state index contributed by atoms with van der Waals surface area (Å²) >= 11 is 12.3. The molecular weight excluding hydrogens is 325 g/mol. The smallest absolute Gasteiger partial charge is 0.278 e. The topological polar surface area (TPSA) is 73.4 Å². The number of rotatable bonds is 2. The monoisotopic (exact) mass is 337 g/mol. The van der Waals surface area contributed by atoms with Crippen molar-refractivity contribution in [2.24, 2.45) is 4.99 Å². The molecule has 1 aromatic carbocycles. The fraction of sp³-hybridized carbons (Fsp3) is 0.214. The number of carbonyl (C=O) groups excluding carboxylic acids is 1. The number of nitrogens with zero attached hydrogens (tertiary/aromatic N) is 3. The first-order chi connectivity index (χ1) is 10.6. The molecule has 0 atom stereocenters. The minimum atomic E-state index is -0.193. The Morgan fingerprint density at radius 1 is 1.36 bits per heavy atom. The lowest BCUT2D eigenvalue weighted by atomic mass is 10.3. The predicted octanol–water partition coefficient (Wildman–Crippen LogP) is 2.95. The Bertz CT molecular complexity index is 735. The van der Waals surface area contributed by atoms with Gasteiger partial charge in [0.1, 0.15) is 5.69 Å². The van der Waals surface area contributed by atoms with Gasteiger partial charge >= 0.3 is 0 Å². The quantitative estimate of drug-likeness (QED) is 0.884. The zero-order valence-corrected chi connectivity index (χ0v) is 13.2. The molecule has 0 saturated heterocycles. The number of H-pyrrole nitrogens is 1.